The van der Waals surface area contributed by atoms with Crippen molar-refractivity contribution in [1.29, 1.82) is 0 Å². The second-order valence-electron chi connectivity index (χ2n) is 12.3. The molecular formula is C33H18Cl2F6N2O7. The quantitative estimate of drug-likeness (QED) is 0.0878. The zero-order valence-corrected chi connectivity index (χ0v) is 26.2. The molecule has 7 rings (SSSR count). The van der Waals surface area contributed by atoms with Gasteiger partial charge in [0.1, 0.15) is 5.69 Å². The summed E-state index contributed by atoms with van der Waals surface area (Å²) in [4.78, 5) is 62.5. The van der Waals surface area contributed by atoms with Crippen molar-refractivity contribution in [3.05, 3.63) is 100 Å². The number of hydrogen-bond donors (Lipinski definition) is 2. The number of aromatic hydroxyl groups is 1. The number of anilines is 2. The highest BCUT2D eigenvalue weighted by molar-refractivity contribution is 6.58. The summed E-state index contributed by atoms with van der Waals surface area (Å²) in [6.07, 6.45) is 0.419. The lowest BCUT2D eigenvalue weighted by molar-refractivity contribution is -0.125. The Morgan fingerprint density at radius 2 is 1.44 bits per heavy atom. The molecule has 2 saturated heterocycles. The SMILES string of the molecule is O=C(O)c1cccc(N2C(=O)[C@H]3[C@H](CC=C4[C@H]3C[C@@]3(Cl)C(=O)N(c5c(F)c(F)c(F)c(F)c5F)C(=O)[C@@]3(Cl)[C@H]4c3ccc(O)c(F)c3)C2=O)c1. The number of hydrogen-bond acceptors (Lipinski definition) is 6. The van der Waals surface area contributed by atoms with E-state index in [9.17, 15) is 51.7 Å². The molecule has 1 saturated carbocycles. The number of aromatic carboxylic acids is 1. The first-order valence-corrected chi connectivity index (χ1v) is 15.4. The Bertz CT molecular complexity index is 2140. The van der Waals surface area contributed by atoms with E-state index in [1.807, 2.05) is 0 Å². The van der Waals surface area contributed by atoms with Gasteiger partial charge in [0.05, 0.1) is 23.1 Å². The van der Waals surface area contributed by atoms with Crippen LogP contribution >= 0.6 is 23.2 Å². The number of carbonyl (C=O) groups excluding carboxylic acids is 4. The molecule has 2 aliphatic heterocycles. The molecule has 50 heavy (non-hydrogen) atoms. The molecule has 3 aromatic rings. The first-order valence-electron chi connectivity index (χ1n) is 14.6. The molecule has 2 heterocycles. The van der Waals surface area contributed by atoms with E-state index in [2.05, 4.69) is 0 Å². The number of phenols is 1. The number of benzene rings is 3. The van der Waals surface area contributed by atoms with Gasteiger partial charge >= 0.3 is 5.97 Å². The van der Waals surface area contributed by atoms with Gasteiger partial charge in [-0.3, -0.25) is 24.1 Å². The highest BCUT2D eigenvalue weighted by atomic mass is 35.5. The molecule has 0 spiro atoms. The van der Waals surface area contributed by atoms with Crippen LogP contribution in [0.25, 0.3) is 0 Å². The summed E-state index contributed by atoms with van der Waals surface area (Å²) in [6.45, 7) is 0. The van der Waals surface area contributed by atoms with E-state index in [4.69, 9.17) is 23.2 Å². The number of imide groups is 2. The normalized spacial score (nSPS) is 28.8. The number of carboxylic acid groups (broad SMARTS) is 1. The predicted molar refractivity (Wildman–Crippen MR) is 160 cm³/mol. The number of alkyl halides is 2. The van der Waals surface area contributed by atoms with E-state index in [0.29, 0.717) is 0 Å². The van der Waals surface area contributed by atoms with Crippen LogP contribution in [0, 0.1) is 52.7 Å². The third kappa shape index (κ3) is 4.19. The van der Waals surface area contributed by atoms with E-state index in [1.54, 1.807) is 0 Å². The van der Waals surface area contributed by atoms with Crippen LogP contribution < -0.4 is 9.80 Å². The topological polar surface area (TPSA) is 132 Å². The molecule has 2 N–H and O–H groups in total. The van der Waals surface area contributed by atoms with Crippen LogP contribution in [0.4, 0.5) is 37.7 Å². The summed E-state index contributed by atoms with van der Waals surface area (Å²) in [6, 6.07) is 7.59. The third-order valence-electron chi connectivity index (χ3n) is 9.88. The Hall–Kier alpha value is -4.89. The largest absolute Gasteiger partial charge is 0.505 e. The fourth-order valence-corrected chi connectivity index (χ4v) is 8.61. The minimum absolute atomic E-state index is 0.0605. The molecule has 9 nitrogen and oxygen atoms in total. The van der Waals surface area contributed by atoms with Crippen molar-refractivity contribution >= 4 is 64.2 Å². The first-order chi connectivity index (χ1) is 23.5. The van der Waals surface area contributed by atoms with Crippen molar-refractivity contribution < 1.29 is 60.5 Å². The van der Waals surface area contributed by atoms with Crippen molar-refractivity contribution in [3.8, 4) is 5.75 Å². The second kappa shape index (κ2) is 11.1. The Morgan fingerprint density at radius 1 is 0.800 bits per heavy atom. The van der Waals surface area contributed by atoms with Gasteiger partial charge in [-0.2, -0.15) is 0 Å². The Balaban J connectivity index is 1.42. The predicted octanol–water partition coefficient (Wildman–Crippen LogP) is 5.69. The highest BCUT2D eigenvalue weighted by Crippen LogP contribution is 2.66. The van der Waals surface area contributed by atoms with Gasteiger partial charge in [0.2, 0.25) is 17.6 Å². The summed E-state index contributed by atoms with van der Waals surface area (Å²) in [5.74, 6) is -26.7. The number of rotatable bonds is 4. The lowest BCUT2D eigenvalue weighted by atomic mass is 9.56. The number of carbonyl (C=O) groups is 5. The van der Waals surface area contributed by atoms with Gasteiger partial charge in [-0.1, -0.05) is 23.8 Å². The van der Waals surface area contributed by atoms with Crippen molar-refractivity contribution in [1.82, 2.24) is 0 Å². The number of fused-ring (bicyclic) bond motifs is 4. The van der Waals surface area contributed by atoms with Gasteiger partial charge in [-0.25, -0.2) is 36.0 Å². The average Bonchev–Trinajstić information content (AvgIpc) is 3.42. The van der Waals surface area contributed by atoms with Gasteiger partial charge in [-0.15, -0.1) is 23.2 Å². The van der Waals surface area contributed by atoms with Gasteiger partial charge in [0.25, 0.3) is 11.8 Å². The van der Waals surface area contributed by atoms with Crippen molar-refractivity contribution in [2.75, 3.05) is 9.80 Å². The minimum Gasteiger partial charge on any atom is -0.505 e. The minimum atomic E-state index is -2.87. The molecule has 0 radical (unpaired) electrons. The lowest BCUT2D eigenvalue weighted by Gasteiger charge is -2.50. The third-order valence-corrected chi connectivity index (χ3v) is 11.3. The summed E-state index contributed by atoms with van der Waals surface area (Å²) < 4.78 is 87.8. The molecule has 0 unspecified atom stereocenters. The molecule has 0 aromatic heterocycles. The average molecular weight is 739 g/mol. The van der Waals surface area contributed by atoms with Crippen LogP contribution in [0.2, 0.25) is 0 Å². The Morgan fingerprint density at radius 3 is 2.06 bits per heavy atom. The second-order valence-corrected chi connectivity index (χ2v) is 13.5. The zero-order chi connectivity index (χ0) is 36.4. The number of nitrogens with zero attached hydrogens (tertiary/aromatic N) is 2. The smallest absolute Gasteiger partial charge is 0.335 e. The van der Waals surface area contributed by atoms with Crippen molar-refractivity contribution in [3.63, 3.8) is 0 Å². The number of amides is 4. The van der Waals surface area contributed by atoms with Gasteiger partial charge in [0.15, 0.2) is 44.6 Å². The van der Waals surface area contributed by atoms with E-state index in [1.165, 1.54) is 24.3 Å². The van der Waals surface area contributed by atoms with Crippen LogP contribution in [0.15, 0.2) is 54.1 Å². The van der Waals surface area contributed by atoms with E-state index in [0.717, 1.165) is 29.2 Å². The fraction of sp³-hybridized carbons (Fsp3) is 0.242. The molecule has 0 bridgehead atoms. The summed E-state index contributed by atoms with van der Waals surface area (Å²) in [5, 5.41) is 19.3. The molecule has 2 aliphatic carbocycles. The molecule has 3 fully saturated rings. The standard InChI is InChI=1S/C33H18Cl2F6N2O7/c34-32-10-16-14(5-6-15-19(16)28(46)42(27(15)45)13-3-1-2-12(8-13)29(47)48)20(11-4-7-18(44)17(36)9-11)33(32,35)31(50)43(30(32)49)26-24(40)22(38)21(37)23(39)25(26)41/h1-5,7-9,15-16,19-20,44H,6,10H2,(H,47,48)/t15-,16+,19-,20-,32+,33-/m0/s1. The van der Waals surface area contributed by atoms with Crippen LogP contribution in [-0.4, -0.2) is 49.6 Å². The van der Waals surface area contributed by atoms with E-state index >= 15 is 8.78 Å². The Kier molecular flexibility index (Phi) is 7.43. The molecule has 4 amide bonds. The monoisotopic (exact) mass is 738 g/mol. The van der Waals surface area contributed by atoms with E-state index in [-0.39, 0.29) is 33.7 Å². The van der Waals surface area contributed by atoms with Crippen LogP contribution in [0.5, 0.6) is 5.75 Å². The van der Waals surface area contributed by atoms with E-state index < -0.39 is 116 Å². The molecule has 6 atom stereocenters. The first kappa shape index (κ1) is 33.6. The molecule has 3 aromatic carbocycles. The molecular weight excluding hydrogens is 721 g/mol. The van der Waals surface area contributed by atoms with Crippen molar-refractivity contribution in [2.24, 2.45) is 17.8 Å². The number of carboxylic acids is 1. The van der Waals surface area contributed by atoms with Gasteiger partial charge < -0.3 is 10.2 Å². The van der Waals surface area contributed by atoms with Crippen LogP contribution in [-0.2, 0) is 19.2 Å². The highest BCUT2D eigenvalue weighted by Gasteiger charge is 2.77. The fourth-order valence-electron chi connectivity index (χ4n) is 7.68. The molecule has 4 aliphatic rings. The maximum atomic E-state index is 15.1. The van der Waals surface area contributed by atoms with Crippen LogP contribution in [0.1, 0.15) is 34.7 Å². The van der Waals surface area contributed by atoms with Gasteiger partial charge in [-0.05, 0) is 54.7 Å². The Labute approximate surface area is 286 Å². The maximum Gasteiger partial charge on any atom is 0.335 e. The summed E-state index contributed by atoms with van der Waals surface area (Å²) >= 11 is 14.0. The zero-order valence-electron chi connectivity index (χ0n) is 24.7. The number of phenolic OH excluding ortho intramolecular Hbond substituents is 1. The number of halogens is 8. The van der Waals surface area contributed by atoms with Crippen molar-refractivity contribution in [2.45, 2.75) is 28.5 Å². The maximum absolute atomic E-state index is 15.1. The summed E-state index contributed by atoms with van der Waals surface area (Å²) in [5.41, 5.74) is -2.49. The van der Waals surface area contributed by atoms with Crippen LogP contribution in [0.3, 0.4) is 0 Å². The number of allylic oxidation sites excluding steroid dienone is 2. The summed E-state index contributed by atoms with van der Waals surface area (Å²) in [7, 11) is 0. The molecule has 258 valence electrons. The van der Waals surface area contributed by atoms with Gasteiger partial charge in [0, 0.05) is 5.92 Å². The molecule has 17 heteroatoms. The lowest BCUT2D eigenvalue weighted by Crippen LogP contribution is -2.60.